The Bertz CT molecular complexity index is 754. The molecule has 0 unspecified atom stereocenters. The Morgan fingerprint density at radius 1 is 1.27 bits per heavy atom. The van der Waals surface area contributed by atoms with Crippen LogP contribution in [-0.2, 0) is 9.59 Å². The number of nitrogens with zero attached hydrogens (tertiary/aromatic N) is 1. The molecule has 6 heteroatoms. The lowest BCUT2D eigenvalue weighted by Crippen LogP contribution is -2.68. The van der Waals surface area contributed by atoms with Gasteiger partial charge in [-0.1, -0.05) is 6.08 Å². The van der Waals surface area contributed by atoms with Gasteiger partial charge in [0.2, 0.25) is 11.8 Å². The average Bonchev–Trinajstić information content (AvgIpc) is 2.67. The number of rotatable bonds is 7. The summed E-state index contributed by atoms with van der Waals surface area (Å²) in [7, 11) is 3.66. The largest absolute Gasteiger partial charge is 0.497 e. The van der Waals surface area contributed by atoms with Crippen molar-refractivity contribution in [2.24, 2.45) is 11.8 Å². The van der Waals surface area contributed by atoms with Gasteiger partial charge in [-0.3, -0.25) is 9.59 Å². The van der Waals surface area contributed by atoms with Gasteiger partial charge in [-0.2, -0.15) is 0 Å². The molecule has 2 amide bonds. The van der Waals surface area contributed by atoms with Crippen molar-refractivity contribution >= 4 is 17.5 Å². The molecule has 2 N–H and O–H groups in total. The molecule has 0 saturated heterocycles. The maximum Gasteiger partial charge on any atom is 0.246 e. The molecule has 2 rings (SSSR count). The first-order valence-corrected chi connectivity index (χ1v) is 10.6. The maximum absolute atomic E-state index is 13.5. The minimum atomic E-state index is -0.975. The van der Waals surface area contributed by atoms with Crippen molar-refractivity contribution < 1.29 is 14.3 Å². The molecule has 166 valence electrons. The van der Waals surface area contributed by atoms with E-state index in [1.165, 1.54) is 6.92 Å². The summed E-state index contributed by atoms with van der Waals surface area (Å²) >= 11 is 0. The summed E-state index contributed by atoms with van der Waals surface area (Å²) in [5.41, 5.74) is -0.331. The van der Waals surface area contributed by atoms with Crippen molar-refractivity contribution in [3.8, 4) is 5.75 Å². The highest BCUT2D eigenvalue weighted by Crippen LogP contribution is 2.39. The zero-order valence-corrected chi connectivity index (χ0v) is 19.2. The predicted octanol–water partition coefficient (Wildman–Crippen LogP) is 3.52. The molecule has 0 spiro atoms. The van der Waals surface area contributed by atoms with Gasteiger partial charge in [0.15, 0.2) is 0 Å². The highest BCUT2D eigenvalue weighted by atomic mass is 16.5. The SMILES string of the molecule is C=C[C@@H]1CC[C@@H](CN(C)c2ccc(OC)cc2)[C@@](NC(C)=O)(C(=O)NC(C)(C)C)C1. The summed E-state index contributed by atoms with van der Waals surface area (Å²) in [4.78, 5) is 27.9. The average molecular weight is 416 g/mol. The van der Waals surface area contributed by atoms with E-state index in [0.29, 0.717) is 13.0 Å². The van der Waals surface area contributed by atoms with Crippen LogP contribution in [-0.4, -0.2) is 43.6 Å². The van der Waals surface area contributed by atoms with E-state index in [4.69, 9.17) is 4.74 Å². The molecule has 0 bridgehead atoms. The third kappa shape index (κ3) is 5.77. The minimum absolute atomic E-state index is 0.0351. The number of methoxy groups -OCH3 is 1. The lowest BCUT2D eigenvalue weighted by atomic mass is 9.67. The number of anilines is 1. The highest BCUT2D eigenvalue weighted by molar-refractivity contribution is 5.92. The fraction of sp³-hybridized carbons (Fsp3) is 0.583. The van der Waals surface area contributed by atoms with E-state index in [1.807, 2.05) is 58.2 Å². The lowest BCUT2D eigenvalue weighted by molar-refractivity contribution is -0.138. The first-order chi connectivity index (χ1) is 14.0. The number of benzene rings is 1. The fourth-order valence-corrected chi connectivity index (χ4v) is 4.32. The molecule has 1 aromatic carbocycles. The summed E-state index contributed by atoms with van der Waals surface area (Å²) < 4.78 is 5.25. The molecule has 0 aromatic heterocycles. The lowest BCUT2D eigenvalue weighted by Gasteiger charge is -2.47. The molecule has 0 heterocycles. The Balaban J connectivity index is 2.37. The van der Waals surface area contributed by atoms with E-state index in [1.54, 1.807) is 7.11 Å². The quantitative estimate of drug-likeness (QED) is 0.669. The number of amides is 2. The molecular weight excluding hydrogens is 378 g/mol. The molecule has 1 fully saturated rings. The smallest absolute Gasteiger partial charge is 0.246 e. The number of carbonyl (C=O) groups is 2. The van der Waals surface area contributed by atoms with Crippen LogP contribution in [0, 0.1) is 11.8 Å². The topological polar surface area (TPSA) is 70.7 Å². The molecule has 1 aliphatic rings. The minimum Gasteiger partial charge on any atom is -0.497 e. The molecule has 6 nitrogen and oxygen atoms in total. The maximum atomic E-state index is 13.5. The van der Waals surface area contributed by atoms with Crippen LogP contribution in [0.2, 0.25) is 0 Å². The molecule has 1 aromatic rings. The zero-order valence-electron chi connectivity index (χ0n) is 19.2. The van der Waals surface area contributed by atoms with Gasteiger partial charge in [0.25, 0.3) is 0 Å². The molecule has 1 saturated carbocycles. The Labute approximate surface area is 181 Å². The second-order valence-electron chi connectivity index (χ2n) is 9.41. The van der Waals surface area contributed by atoms with Crippen molar-refractivity contribution in [1.29, 1.82) is 0 Å². The van der Waals surface area contributed by atoms with Crippen molar-refractivity contribution in [2.75, 3.05) is 25.6 Å². The van der Waals surface area contributed by atoms with Crippen LogP contribution in [0.1, 0.15) is 47.0 Å². The standard InChI is InChI=1S/C24H37N3O3/c1-8-18-9-10-19(16-27(6)20-11-13-21(30-7)14-12-20)24(15-18,25-17(2)28)22(29)26-23(3,4)5/h8,11-14,18-19H,1,9-10,15-16H2,2-7H3,(H,25,28)(H,26,29)/t18-,19+,24-/m1/s1. The van der Waals surface area contributed by atoms with E-state index in [0.717, 1.165) is 24.3 Å². The van der Waals surface area contributed by atoms with Gasteiger partial charge < -0.3 is 20.3 Å². The molecule has 3 atom stereocenters. The number of hydrogen-bond acceptors (Lipinski definition) is 4. The van der Waals surface area contributed by atoms with Crippen molar-refractivity contribution in [1.82, 2.24) is 10.6 Å². The van der Waals surface area contributed by atoms with Gasteiger partial charge in [-0.15, -0.1) is 6.58 Å². The first kappa shape index (κ1) is 23.8. The number of ether oxygens (including phenoxy) is 1. The summed E-state index contributed by atoms with van der Waals surface area (Å²) in [6, 6.07) is 7.86. The van der Waals surface area contributed by atoms with Crippen molar-refractivity contribution in [2.45, 2.75) is 58.0 Å². The zero-order chi connectivity index (χ0) is 22.5. The molecule has 0 aliphatic heterocycles. The van der Waals surface area contributed by atoms with Crippen molar-refractivity contribution in [3.05, 3.63) is 36.9 Å². The van der Waals surface area contributed by atoms with E-state index in [9.17, 15) is 9.59 Å². The fourth-order valence-electron chi connectivity index (χ4n) is 4.32. The summed E-state index contributed by atoms with van der Waals surface area (Å²) in [5, 5.41) is 6.18. The second kappa shape index (κ2) is 9.54. The van der Waals surface area contributed by atoms with Crippen LogP contribution in [0.25, 0.3) is 0 Å². The Morgan fingerprint density at radius 3 is 2.40 bits per heavy atom. The van der Waals surface area contributed by atoms with Crippen LogP contribution in [0.15, 0.2) is 36.9 Å². The Hall–Kier alpha value is -2.50. The number of hydrogen-bond donors (Lipinski definition) is 2. The second-order valence-corrected chi connectivity index (χ2v) is 9.41. The predicted molar refractivity (Wildman–Crippen MR) is 122 cm³/mol. The number of allylic oxidation sites excluding steroid dienone is 1. The van der Waals surface area contributed by atoms with Gasteiger partial charge in [0.05, 0.1) is 7.11 Å². The van der Waals surface area contributed by atoms with E-state index in [2.05, 4.69) is 22.1 Å². The van der Waals surface area contributed by atoms with Crippen LogP contribution >= 0.6 is 0 Å². The van der Waals surface area contributed by atoms with Gasteiger partial charge in [0, 0.05) is 37.7 Å². The van der Waals surface area contributed by atoms with E-state index in [-0.39, 0.29) is 23.7 Å². The van der Waals surface area contributed by atoms with E-state index >= 15 is 0 Å². The highest BCUT2D eigenvalue weighted by Gasteiger charge is 2.50. The third-order valence-electron chi connectivity index (χ3n) is 5.80. The normalized spacial score (nSPS) is 23.9. The summed E-state index contributed by atoms with van der Waals surface area (Å²) in [6.07, 6.45) is 4.24. The number of carbonyl (C=O) groups excluding carboxylic acids is 2. The summed E-state index contributed by atoms with van der Waals surface area (Å²) in [6.45, 7) is 11.9. The van der Waals surface area contributed by atoms with Gasteiger partial charge in [-0.05, 0) is 70.2 Å². The first-order valence-electron chi connectivity index (χ1n) is 10.6. The van der Waals surface area contributed by atoms with Gasteiger partial charge >= 0.3 is 0 Å². The Morgan fingerprint density at radius 2 is 1.90 bits per heavy atom. The van der Waals surface area contributed by atoms with Crippen LogP contribution in [0.4, 0.5) is 5.69 Å². The van der Waals surface area contributed by atoms with E-state index < -0.39 is 11.1 Å². The molecule has 30 heavy (non-hydrogen) atoms. The van der Waals surface area contributed by atoms with Crippen LogP contribution in [0.5, 0.6) is 5.75 Å². The monoisotopic (exact) mass is 415 g/mol. The Kier molecular flexibility index (Phi) is 7.56. The van der Waals surface area contributed by atoms with Crippen molar-refractivity contribution in [3.63, 3.8) is 0 Å². The van der Waals surface area contributed by atoms with Crippen LogP contribution < -0.4 is 20.3 Å². The molecule has 0 radical (unpaired) electrons. The van der Waals surface area contributed by atoms with Gasteiger partial charge in [0.1, 0.15) is 11.3 Å². The molecule has 1 aliphatic carbocycles. The molecular formula is C24H37N3O3. The third-order valence-corrected chi connectivity index (χ3v) is 5.80. The van der Waals surface area contributed by atoms with Gasteiger partial charge in [-0.25, -0.2) is 0 Å². The summed E-state index contributed by atoms with van der Waals surface area (Å²) in [5.74, 6) is 0.638. The van der Waals surface area contributed by atoms with Crippen LogP contribution in [0.3, 0.4) is 0 Å². The number of nitrogens with one attached hydrogen (secondary N) is 2.